The molecule has 1 aliphatic carbocycles. The van der Waals surface area contributed by atoms with Gasteiger partial charge in [-0.25, -0.2) is 4.79 Å². The first-order chi connectivity index (χ1) is 13.8. The number of hydrogen-bond donors (Lipinski definition) is 1. The standard InChI is InChI=1S/C23H36N2O3.ClH/c1-2-17-27-22-14-8-7-12-20(22)24-23(26)28-21-13-6-3-5-11-19(21)18-25-15-9-4-10-16-25;/h7-8,12,14,19,21H,2-6,9-11,13,15-18H2,1H3,(H,24,26);1H/t19-,21-;/m1./s1. The fraction of sp³-hybridized carbons (Fsp3) is 0.696. The number of anilines is 1. The van der Waals surface area contributed by atoms with E-state index in [0.717, 1.165) is 32.2 Å². The maximum Gasteiger partial charge on any atom is 0.412 e. The molecule has 0 radical (unpaired) electrons. The van der Waals surface area contributed by atoms with E-state index in [4.69, 9.17) is 9.47 Å². The van der Waals surface area contributed by atoms with Crippen LogP contribution < -0.4 is 10.1 Å². The quantitative estimate of drug-likeness (QED) is 0.555. The number of ether oxygens (including phenoxy) is 2. The molecule has 2 aliphatic rings. The van der Waals surface area contributed by atoms with Gasteiger partial charge in [-0.1, -0.05) is 38.3 Å². The molecule has 1 aromatic rings. The SMILES string of the molecule is CCCOc1ccccc1NC(=O)O[C@@H]1CCCCC[C@@H]1CN1CCCCC1.Cl. The number of rotatable bonds is 7. The Hall–Kier alpha value is -1.46. The maximum absolute atomic E-state index is 12.7. The second kappa shape index (κ2) is 13.0. The number of nitrogens with zero attached hydrogens (tertiary/aromatic N) is 1. The highest BCUT2D eigenvalue weighted by Crippen LogP contribution is 2.29. The third-order valence-electron chi connectivity index (χ3n) is 5.87. The lowest BCUT2D eigenvalue weighted by atomic mass is 9.95. The number of piperidine rings is 1. The van der Waals surface area contributed by atoms with Crippen molar-refractivity contribution in [3.8, 4) is 5.75 Å². The van der Waals surface area contributed by atoms with E-state index in [-0.39, 0.29) is 24.6 Å². The van der Waals surface area contributed by atoms with Gasteiger partial charge in [-0.3, -0.25) is 5.32 Å². The molecule has 5 nitrogen and oxygen atoms in total. The number of nitrogens with one attached hydrogen (secondary N) is 1. The van der Waals surface area contributed by atoms with Crippen molar-refractivity contribution in [2.45, 2.75) is 70.8 Å². The Labute approximate surface area is 181 Å². The zero-order valence-corrected chi connectivity index (χ0v) is 18.6. The van der Waals surface area contributed by atoms with Gasteiger partial charge in [0.25, 0.3) is 0 Å². The molecule has 1 aliphatic heterocycles. The largest absolute Gasteiger partial charge is 0.491 e. The smallest absolute Gasteiger partial charge is 0.412 e. The number of para-hydroxylation sites is 2. The highest BCUT2D eigenvalue weighted by Gasteiger charge is 2.29. The van der Waals surface area contributed by atoms with E-state index < -0.39 is 0 Å². The van der Waals surface area contributed by atoms with Crippen molar-refractivity contribution in [2.75, 3.05) is 31.6 Å². The molecular formula is C23H37ClN2O3. The van der Waals surface area contributed by atoms with Gasteiger partial charge in [0.15, 0.2) is 0 Å². The van der Waals surface area contributed by atoms with E-state index in [1.165, 1.54) is 45.2 Å². The van der Waals surface area contributed by atoms with Crippen LogP contribution in [-0.4, -0.2) is 43.3 Å². The summed E-state index contributed by atoms with van der Waals surface area (Å²) in [6.45, 7) is 6.15. The van der Waals surface area contributed by atoms with E-state index in [2.05, 4.69) is 17.1 Å². The normalized spacial score (nSPS) is 22.8. The predicted molar refractivity (Wildman–Crippen MR) is 120 cm³/mol. The van der Waals surface area contributed by atoms with Gasteiger partial charge in [-0.15, -0.1) is 12.4 Å². The van der Waals surface area contributed by atoms with Crippen LogP contribution in [0.25, 0.3) is 0 Å². The lowest BCUT2D eigenvalue weighted by molar-refractivity contribution is 0.0471. The Bertz CT molecular complexity index is 608. The van der Waals surface area contributed by atoms with Crippen molar-refractivity contribution in [2.24, 2.45) is 5.92 Å². The second-order valence-electron chi connectivity index (χ2n) is 8.17. The monoisotopic (exact) mass is 424 g/mol. The molecule has 1 aromatic carbocycles. The zero-order chi connectivity index (χ0) is 19.6. The fourth-order valence-electron chi connectivity index (χ4n) is 4.37. The molecule has 3 rings (SSSR count). The van der Waals surface area contributed by atoms with Crippen molar-refractivity contribution < 1.29 is 14.3 Å². The summed E-state index contributed by atoms with van der Waals surface area (Å²) in [5.74, 6) is 1.14. The van der Waals surface area contributed by atoms with Crippen molar-refractivity contribution >= 4 is 24.2 Å². The second-order valence-corrected chi connectivity index (χ2v) is 8.17. The Morgan fingerprint density at radius 1 is 1.07 bits per heavy atom. The van der Waals surface area contributed by atoms with Gasteiger partial charge >= 0.3 is 6.09 Å². The molecule has 6 heteroatoms. The predicted octanol–water partition coefficient (Wildman–Crippen LogP) is 5.88. The fourth-order valence-corrected chi connectivity index (χ4v) is 4.37. The van der Waals surface area contributed by atoms with Gasteiger partial charge in [0.1, 0.15) is 11.9 Å². The Kier molecular flexibility index (Phi) is 10.6. The number of likely N-dealkylation sites (tertiary alicyclic amines) is 1. The first kappa shape index (κ1) is 23.8. The Morgan fingerprint density at radius 2 is 1.79 bits per heavy atom. The van der Waals surface area contributed by atoms with Crippen LogP contribution in [0.1, 0.15) is 64.7 Å². The first-order valence-electron chi connectivity index (χ1n) is 11.2. The molecule has 1 amide bonds. The number of halogens is 1. The number of carbonyl (C=O) groups is 1. The van der Waals surface area contributed by atoms with Gasteiger partial charge in [-0.2, -0.15) is 0 Å². The number of benzene rings is 1. The van der Waals surface area contributed by atoms with Gasteiger partial charge < -0.3 is 14.4 Å². The number of carbonyl (C=O) groups excluding carboxylic acids is 1. The summed E-state index contributed by atoms with van der Waals surface area (Å²) in [5.41, 5.74) is 0.683. The molecule has 0 spiro atoms. The van der Waals surface area contributed by atoms with Gasteiger partial charge in [0.05, 0.1) is 12.3 Å². The van der Waals surface area contributed by atoms with E-state index >= 15 is 0 Å². The summed E-state index contributed by atoms with van der Waals surface area (Å²) in [4.78, 5) is 15.2. The highest BCUT2D eigenvalue weighted by atomic mass is 35.5. The molecule has 1 N–H and O–H groups in total. The highest BCUT2D eigenvalue weighted by molar-refractivity contribution is 5.86. The number of hydrogen-bond acceptors (Lipinski definition) is 4. The van der Waals surface area contributed by atoms with Crippen LogP contribution in [-0.2, 0) is 4.74 Å². The molecule has 1 saturated heterocycles. The minimum absolute atomic E-state index is 0. The minimum Gasteiger partial charge on any atom is -0.491 e. The summed E-state index contributed by atoms with van der Waals surface area (Å²) in [6.07, 6.45) is 10.3. The first-order valence-corrected chi connectivity index (χ1v) is 11.2. The zero-order valence-electron chi connectivity index (χ0n) is 17.7. The van der Waals surface area contributed by atoms with Gasteiger partial charge in [0.2, 0.25) is 0 Å². The van der Waals surface area contributed by atoms with Crippen molar-refractivity contribution in [1.29, 1.82) is 0 Å². The third-order valence-corrected chi connectivity index (χ3v) is 5.87. The van der Waals surface area contributed by atoms with Crippen LogP contribution in [0, 0.1) is 5.92 Å². The lowest BCUT2D eigenvalue weighted by Crippen LogP contribution is -2.39. The molecule has 29 heavy (non-hydrogen) atoms. The van der Waals surface area contributed by atoms with Crippen molar-refractivity contribution in [1.82, 2.24) is 4.90 Å². The molecule has 2 atom stereocenters. The molecule has 164 valence electrons. The van der Waals surface area contributed by atoms with Crippen molar-refractivity contribution in [3.63, 3.8) is 0 Å². The summed E-state index contributed by atoms with van der Waals surface area (Å²) in [5, 5.41) is 2.91. The average molecular weight is 425 g/mol. The molecule has 1 saturated carbocycles. The third kappa shape index (κ3) is 7.71. The van der Waals surface area contributed by atoms with Crippen LogP contribution in [0.5, 0.6) is 5.75 Å². The molecular weight excluding hydrogens is 388 g/mol. The van der Waals surface area contributed by atoms with Gasteiger partial charge in [-0.05, 0) is 63.7 Å². The summed E-state index contributed by atoms with van der Waals surface area (Å²) in [6, 6.07) is 7.57. The molecule has 0 unspecified atom stereocenters. The maximum atomic E-state index is 12.7. The van der Waals surface area contributed by atoms with Crippen LogP contribution >= 0.6 is 12.4 Å². The van der Waals surface area contributed by atoms with Crippen molar-refractivity contribution in [3.05, 3.63) is 24.3 Å². The average Bonchev–Trinajstić information content (AvgIpc) is 2.93. The Morgan fingerprint density at radius 3 is 2.59 bits per heavy atom. The summed E-state index contributed by atoms with van der Waals surface area (Å²) < 4.78 is 11.7. The molecule has 0 aromatic heterocycles. The van der Waals surface area contributed by atoms with E-state index in [0.29, 0.717) is 24.0 Å². The summed E-state index contributed by atoms with van der Waals surface area (Å²) >= 11 is 0. The molecule has 0 bridgehead atoms. The molecule has 2 fully saturated rings. The van der Waals surface area contributed by atoms with Crippen LogP contribution in [0.15, 0.2) is 24.3 Å². The van der Waals surface area contributed by atoms with Crippen LogP contribution in [0.3, 0.4) is 0 Å². The minimum atomic E-state index is -0.358. The molecule has 1 heterocycles. The van der Waals surface area contributed by atoms with Crippen LogP contribution in [0.2, 0.25) is 0 Å². The lowest BCUT2D eigenvalue weighted by Gasteiger charge is -2.33. The van der Waals surface area contributed by atoms with E-state index in [9.17, 15) is 4.79 Å². The van der Waals surface area contributed by atoms with Gasteiger partial charge in [0, 0.05) is 12.5 Å². The Balaban J connectivity index is 0.00000300. The number of amides is 1. The summed E-state index contributed by atoms with van der Waals surface area (Å²) in [7, 11) is 0. The van der Waals surface area contributed by atoms with E-state index in [1.807, 2.05) is 24.3 Å². The van der Waals surface area contributed by atoms with Crippen LogP contribution in [0.4, 0.5) is 10.5 Å². The topological polar surface area (TPSA) is 50.8 Å². The van der Waals surface area contributed by atoms with E-state index in [1.54, 1.807) is 0 Å².